The lowest BCUT2D eigenvalue weighted by Gasteiger charge is -2.08. The van der Waals surface area contributed by atoms with E-state index < -0.39 is 0 Å². The Morgan fingerprint density at radius 2 is 2.18 bits per heavy atom. The summed E-state index contributed by atoms with van der Waals surface area (Å²) in [5.41, 5.74) is 12.6. The van der Waals surface area contributed by atoms with Crippen molar-refractivity contribution in [3.05, 3.63) is 36.9 Å². The van der Waals surface area contributed by atoms with Crippen molar-refractivity contribution in [2.24, 2.45) is 7.05 Å². The van der Waals surface area contributed by atoms with Gasteiger partial charge in [0.25, 0.3) is 0 Å². The summed E-state index contributed by atoms with van der Waals surface area (Å²) in [5.74, 6) is 0.677. The summed E-state index contributed by atoms with van der Waals surface area (Å²) in [6, 6.07) is 5.27. The first-order valence-corrected chi connectivity index (χ1v) is 5.44. The van der Waals surface area contributed by atoms with E-state index in [9.17, 15) is 0 Å². The Hall–Kier alpha value is -2.17. The van der Waals surface area contributed by atoms with Crippen molar-refractivity contribution in [3.8, 4) is 5.75 Å². The maximum atomic E-state index is 5.79. The molecule has 0 bridgehead atoms. The molecule has 0 amide bonds. The number of imidazole rings is 1. The van der Waals surface area contributed by atoms with Crippen LogP contribution >= 0.6 is 0 Å². The zero-order valence-corrected chi connectivity index (χ0v) is 9.84. The molecular weight excluding hydrogens is 216 g/mol. The number of rotatable bonds is 4. The molecule has 5 heteroatoms. The van der Waals surface area contributed by atoms with Crippen molar-refractivity contribution in [2.45, 2.75) is 6.54 Å². The normalized spacial score (nSPS) is 10.4. The summed E-state index contributed by atoms with van der Waals surface area (Å²) in [4.78, 5) is 0. The van der Waals surface area contributed by atoms with E-state index in [1.807, 2.05) is 34.9 Å². The number of aromatic nitrogens is 2. The minimum Gasteiger partial charge on any atom is -0.487 e. The molecule has 0 aliphatic heterocycles. The molecule has 0 unspecified atom stereocenters. The van der Waals surface area contributed by atoms with Crippen molar-refractivity contribution >= 4 is 11.4 Å². The second kappa shape index (κ2) is 4.78. The molecular formula is C12H17N4O+. The fraction of sp³-hybridized carbons (Fsp3) is 0.250. The summed E-state index contributed by atoms with van der Waals surface area (Å²) in [6.07, 6.45) is 5.98. The van der Waals surface area contributed by atoms with E-state index in [1.165, 1.54) is 0 Å². The van der Waals surface area contributed by atoms with Crippen LogP contribution in [0.4, 0.5) is 11.4 Å². The van der Waals surface area contributed by atoms with Crippen molar-refractivity contribution < 1.29 is 9.30 Å². The Bertz CT molecular complexity index is 507. The Morgan fingerprint density at radius 1 is 1.35 bits per heavy atom. The van der Waals surface area contributed by atoms with E-state index in [0.717, 1.165) is 6.54 Å². The van der Waals surface area contributed by atoms with Gasteiger partial charge in [-0.25, -0.2) is 9.13 Å². The lowest BCUT2D eigenvalue weighted by Crippen LogP contribution is -2.24. The number of ether oxygens (including phenoxy) is 1. The van der Waals surface area contributed by atoms with Gasteiger partial charge in [0.15, 0.2) is 0 Å². The van der Waals surface area contributed by atoms with Crippen LogP contribution in [-0.2, 0) is 13.6 Å². The topological polar surface area (TPSA) is 70.1 Å². The SMILES string of the molecule is C[n+]1ccn(CCOc2ccc(N)cc2N)c1. The fourth-order valence-electron chi connectivity index (χ4n) is 1.59. The number of nitrogens with zero attached hydrogens (tertiary/aromatic N) is 2. The van der Waals surface area contributed by atoms with Gasteiger partial charge in [0, 0.05) is 5.69 Å². The number of hydrogen-bond donors (Lipinski definition) is 2. The van der Waals surface area contributed by atoms with Gasteiger partial charge >= 0.3 is 0 Å². The Labute approximate surface area is 100 Å². The Balaban J connectivity index is 1.90. The third-order valence-corrected chi connectivity index (χ3v) is 2.46. The molecule has 90 valence electrons. The van der Waals surface area contributed by atoms with Gasteiger partial charge in [0.05, 0.1) is 12.7 Å². The first-order valence-electron chi connectivity index (χ1n) is 5.44. The van der Waals surface area contributed by atoms with Crippen LogP contribution in [0.2, 0.25) is 0 Å². The number of anilines is 2. The lowest BCUT2D eigenvalue weighted by atomic mass is 10.2. The van der Waals surface area contributed by atoms with Crippen LogP contribution in [-0.4, -0.2) is 11.2 Å². The molecule has 0 aliphatic carbocycles. The molecule has 0 spiro atoms. The highest BCUT2D eigenvalue weighted by atomic mass is 16.5. The van der Waals surface area contributed by atoms with Gasteiger partial charge < -0.3 is 16.2 Å². The maximum absolute atomic E-state index is 5.79. The van der Waals surface area contributed by atoms with E-state index in [1.54, 1.807) is 18.2 Å². The average molecular weight is 233 g/mol. The number of hydrogen-bond acceptors (Lipinski definition) is 3. The highest BCUT2D eigenvalue weighted by Crippen LogP contribution is 2.23. The largest absolute Gasteiger partial charge is 0.487 e. The molecule has 4 N–H and O–H groups in total. The van der Waals surface area contributed by atoms with Crippen LogP contribution in [0.25, 0.3) is 0 Å². The third-order valence-electron chi connectivity index (χ3n) is 2.46. The molecule has 17 heavy (non-hydrogen) atoms. The zero-order valence-electron chi connectivity index (χ0n) is 9.84. The maximum Gasteiger partial charge on any atom is 0.243 e. The molecule has 0 atom stereocenters. The van der Waals surface area contributed by atoms with Crippen molar-refractivity contribution in [1.29, 1.82) is 0 Å². The van der Waals surface area contributed by atoms with Gasteiger partial charge in [-0.2, -0.15) is 0 Å². The molecule has 0 saturated carbocycles. The van der Waals surface area contributed by atoms with Gasteiger partial charge in [0.1, 0.15) is 31.3 Å². The highest BCUT2D eigenvalue weighted by Gasteiger charge is 2.03. The van der Waals surface area contributed by atoms with Gasteiger partial charge in [-0.15, -0.1) is 0 Å². The second-order valence-corrected chi connectivity index (χ2v) is 3.96. The van der Waals surface area contributed by atoms with E-state index >= 15 is 0 Å². The summed E-state index contributed by atoms with van der Waals surface area (Å²) < 4.78 is 9.63. The van der Waals surface area contributed by atoms with Crippen molar-refractivity contribution in [1.82, 2.24) is 4.57 Å². The zero-order chi connectivity index (χ0) is 12.3. The Kier molecular flexibility index (Phi) is 3.18. The molecule has 0 aliphatic rings. The number of benzene rings is 1. The standard InChI is InChI=1S/C12H17N4O/c1-15-4-5-16(9-15)6-7-17-12-3-2-10(13)8-11(12)14/h2-5,8-9H,6-7,13-14H2,1H3/q+1. The first-order chi connectivity index (χ1) is 8.15. The van der Waals surface area contributed by atoms with E-state index in [4.69, 9.17) is 16.2 Å². The van der Waals surface area contributed by atoms with Crippen LogP contribution in [0, 0.1) is 0 Å². The van der Waals surface area contributed by atoms with Crippen molar-refractivity contribution in [2.75, 3.05) is 18.1 Å². The van der Waals surface area contributed by atoms with Crippen LogP contribution in [0.15, 0.2) is 36.9 Å². The van der Waals surface area contributed by atoms with Gasteiger partial charge in [-0.3, -0.25) is 0 Å². The van der Waals surface area contributed by atoms with Crippen LogP contribution in [0.1, 0.15) is 0 Å². The van der Waals surface area contributed by atoms with E-state index in [-0.39, 0.29) is 0 Å². The van der Waals surface area contributed by atoms with Gasteiger partial charge in [-0.1, -0.05) is 0 Å². The summed E-state index contributed by atoms with van der Waals surface area (Å²) in [7, 11) is 1.98. The summed E-state index contributed by atoms with van der Waals surface area (Å²) >= 11 is 0. The Morgan fingerprint density at radius 3 is 2.82 bits per heavy atom. The predicted octanol–water partition coefficient (Wildman–Crippen LogP) is 0.556. The van der Waals surface area contributed by atoms with Crippen LogP contribution < -0.4 is 20.8 Å². The van der Waals surface area contributed by atoms with Crippen LogP contribution in [0.5, 0.6) is 5.75 Å². The van der Waals surface area contributed by atoms with Crippen LogP contribution in [0.3, 0.4) is 0 Å². The minimum atomic E-state index is 0.572. The van der Waals surface area contributed by atoms with E-state index in [2.05, 4.69) is 0 Å². The highest BCUT2D eigenvalue weighted by molar-refractivity contribution is 5.60. The predicted molar refractivity (Wildman–Crippen MR) is 66.4 cm³/mol. The fourth-order valence-corrected chi connectivity index (χ4v) is 1.59. The molecule has 2 rings (SSSR count). The van der Waals surface area contributed by atoms with E-state index in [0.29, 0.717) is 23.7 Å². The van der Waals surface area contributed by atoms with Gasteiger partial charge in [-0.05, 0) is 18.2 Å². The summed E-state index contributed by atoms with van der Waals surface area (Å²) in [5, 5.41) is 0. The minimum absolute atomic E-state index is 0.572. The number of aryl methyl sites for hydroxylation is 1. The first kappa shape index (κ1) is 11.3. The molecule has 0 fully saturated rings. The summed E-state index contributed by atoms with van der Waals surface area (Å²) in [6.45, 7) is 1.35. The number of nitrogen functional groups attached to an aromatic ring is 2. The molecule has 5 nitrogen and oxygen atoms in total. The van der Waals surface area contributed by atoms with Gasteiger partial charge in [0.2, 0.25) is 6.33 Å². The second-order valence-electron chi connectivity index (χ2n) is 3.96. The molecule has 2 aromatic rings. The monoisotopic (exact) mass is 233 g/mol. The molecule has 0 saturated heterocycles. The quantitative estimate of drug-likeness (QED) is 0.598. The molecule has 1 aromatic heterocycles. The molecule has 1 aromatic carbocycles. The molecule has 1 heterocycles. The third kappa shape index (κ3) is 2.90. The number of nitrogens with two attached hydrogens (primary N) is 2. The lowest BCUT2D eigenvalue weighted by molar-refractivity contribution is -0.671. The molecule has 0 radical (unpaired) electrons. The van der Waals surface area contributed by atoms with Crippen molar-refractivity contribution in [3.63, 3.8) is 0 Å². The average Bonchev–Trinajstić information content (AvgIpc) is 2.68. The smallest absolute Gasteiger partial charge is 0.243 e.